The topological polar surface area (TPSA) is 189 Å². The Morgan fingerprint density at radius 3 is 1.65 bits per heavy atom. The molecular weight excluding hydrogens is 666 g/mol. The number of amides is 1. The summed E-state index contributed by atoms with van der Waals surface area (Å²) in [6.45, 7) is 3.37. The van der Waals surface area contributed by atoms with Crippen LogP contribution in [0.2, 0.25) is 0 Å². The van der Waals surface area contributed by atoms with Crippen LogP contribution in [0.3, 0.4) is 0 Å². The fourth-order valence-electron chi connectivity index (χ4n) is 6.73. The van der Waals surface area contributed by atoms with Crippen LogP contribution in [-0.4, -0.2) is 110 Å². The normalized spacial score (nSPS) is 23.1. The Bertz CT molecular complexity index is 861. The second-order valence-electron chi connectivity index (χ2n) is 15.1. The monoisotopic (exact) mass is 746 g/mol. The SMILES string of the molecule is CCCCCCCCCCCCC/C=C/CCCC(O)C(O)C(COC1OC(CO)C(O)C(O)C1O)NC(=O)C(O)CCCCCCCCCCC. The van der Waals surface area contributed by atoms with Crippen molar-refractivity contribution in [2.24, 2.45) is 0 Å². The minimum atomic E-state index is -1.66. The fourth-order valence-corrected chi connectivity index (χ4v) is 6.73. The van der Waals surface area contributed by atoms with Crippen LogP contribution in [0.1, 0.15) is 174 Å². The van der Waals surface area contributed by atoms with Gasteiger partial charge in [-0.2, -0.15) is 0 Å². The number of unbranched alkanes of at least 4 members (excludes halogenated alkanes) is 20. The zero-order valence-corrected chi connectivity index (χ0v) is 32.8. The Morgan fingerprint density at radius 1 is 0.654 bits per heavy atom. The van der Waals surface area contributed by atoms with Crippen LogP contribution in [-0.2, 0) is 14.3 Å². The van der Waals surface area contributed by atoms with E-state index in [-0.39, 0.29) is 12.8 Å². The lowest BCUT2D eigenvalue weighted by atomic mass is 9.98. The third-order valence-electron chi connectivity index (χ3n) is 10.3. The molecule has 0 aromatic rings. The van der Waals surface area contributed by atoms with Gasteiger partial charge in [-0.3, -0.25) is 4.79 Å². The maximum Gasteiger partial charge on any atom is 0.249 e. The van der Waals surface area contributed by atoms with Crippen LogP contribution in [0.25, 0.3) is 0 Å². The number of rotatable bonds is 34. The minimum absolute atomic E-state index is 0.256. The Morgan fingerprint density at radius 2 is 1.13 bits per heavy atom. The fraction of sp³-hybridized carbons (Fsp3) is 0.927. The van der Waals surface area contributed by atoms with Gasteiger partial charge in [-0.1, -0.05) is 148 Å². The summed E-state index contributed by atoms with van der Waals surface area (Å²) in [6, 6.07) is -1.18. The highest BCUT2D eigenvalue weighted by Gasteiger charge is 2.44. The first-order valence-corrected chi connectivity index (χ1v) is 21.1. The van der Waals surface area contributed by atoms with Crippen molar-refractivity contribution >= 4 is 5.91 Å². The Labute approximate surface area is 315 Å². The van der Waals surface area contributed by atoms with E-state index in [4.69, 9.17) is 9.47 Å². The average Bonchev–Trinajstić information content (AvgIpc) is 3.14. The number of allylic oxidation sites excluding steroid dienone is 2. The predicted molar refractivity (Wildman–Crippen MR) is 206 cm³/mol. The molecule has 0 aromatic heterocycles. The second kappa shape index (κ2) is 32.1. The van der Waals surface area contributed by atoms with Crippen molar-refractivity contribution in [3.8, 4) is 0 Å². The van der Waals surface area contributed by atoms with Gasteiger partial charge in [0.15, 0.2) is 6.29 Å². The molecule has 52 heavy (non-hydrogen) atoms. The molecule has 1 saturated heterocycles. The molecule has 1 fully saturated rings. The molecule has 0 bridgehead atoms. The van der Waals surface area contributed by atoms with Gasteiger partial charge in [-0.15, -0.1) is 0 Å². The molecule has 1 heterocycles. The van der Waals surface area contributed by atoms with Gasteiger partial charge >= 0.3 is 0 Å². The number of carbonyl (C=O) groups is 1. The lowest BCUT2D eigenvalue weighted by Gasteiger charge is -2.40. The Kier molecular flexibility index (Phi) is 30.2. The zero-order chi connectivity index (χ0) is 38.4. The highest BCUT2D eigenvalue weighted by Crippen LogP contribution is 2.23. The predicted octanol–water partition coefficient (Wildman–Crippen LogP) is 5.72. The molecule has 8 N–H and O–H groups in total. The number of aliphatic hydroxyl groups is 7. The molecule has 1 amide bonds. The number of carbonyl (C=O) groups excluding carboxylic acids is 1. The number of ether oxygens (including phenoxy) is 2. The minimum Gasteiger partial charge on any atom is -0.394 e. The van der Waals surface area contributed by atoms with Gasteiger partial charge in [0, 0.05) is 0 Å². The van der Waals surface area contributed by atoms with Crippen LogP contribution in [0.4, 0.5) is 0 Å². The van der Waals surface area contributed by atoms with E-state index in [0.29, 0.717) is 12.8 Å². The molecule has 11 heteroatoms. The molecule has 0 aromatic carbocycles. The van der Waals surface area contributed by atoms with E-state index in [1.165, 1.54) is 96.3 Å². The molecule has 0 radical (unpaired) electrons. The van der Waals surface area contributed by atoms with Crippen LogP contribution >= 0.6 is 0 Å². The summed E-state index contributed by atoms with van der Waals surface area (Å²) in [6.07, 6.45) is 19.9. The summed E-state index contributed by atoms with van der Waals surface area (Å²) in [5, 5.41) is 75.2. The lowest BCUT2D eigenvalue weighted by Crippen LogP contribution is -2.60. The summed E-state index contributed by atoms with van der Waals surface area (Å²) in [7, 11) is 0. The summed E-state index contributed by atoms with van der Waals surface area (Å²) >= 11 is 0. The van der Waals surface area contributed by atoms with Crippen molar-refractivity contribution in [1.82, 2.24) is 5.32 Å². The second-order valence-corrected chi connectivity index (χ2v) is 15.1. The van der Waals surface area contributed by atoms with E-state index in [9.17, 15) is 40.5 Å². The van der Waals surface area contributed by atoms with Crippen LogP contribution in [0, 0.1) is 0 Å². The summed E-state index contributed by atoms with van der Waals surface area (Å²) in [4.78, 5) is 13.0. The van der Waals surface area contributed by atoms with E-state index < -0.39 is 74.2 Å². The maximum absolute atomic E-state index is 13.0. The molecule has 308 valence electrons. The average molecular weight is 746 g/mol. The molecule has 0 spiro atoms. The van der Waals surface area contributed by atoms with E-state index in [1.54, 1.807) is 0 Å². The molecule has 11 nitrogen and oxygen atoms in total. The molecule has 1 aliphatic heterocycles. The van der Waals surface area contributed by atoms with Crippen molar-refractivity contribution in [2.75, 3.05) is 13.2 Å². The molecular formula is C41H79NO10. The van der Waals surface area contributed by atoms with Crippen molar-refractivity contribution in [1.29, 1.82) is 0 Å². The first-order valence-electron chi connectivity index (χ1n) is 21.1. The number of hydrogen-bond acceptors (Lipinski definition) is 10. The molecule has 9 unspecified atom stereocenters. The van der Waals surface area contributed by atoms with E-state index >= 15 is 0 Å². The molecule has 0 saturated carbocycles. The number of aliphatic hydroxyl groups excluding tert-OH is 7. The van der Waals surface area contributed by atoms with Gasteiger partial charge in [0.2, 0.25) is 5.91 Å². The Balaban J connectivity index is 2.52. The number of nitrogens with one attached hydrogen (secondary N) is 1. The quantitative estimate of drug-likeness (QED) is 0.0299. The van der Waals surface area contributed by atoms with Gasteiger partial charge in [0.25, 0.3) is 0 Å². The first-order chi connectivity index (χ1) is 25.2. The largest absolute Gasteiger partial charge is 0.394 e. The zero-order valence-electron chi connectivity index (χ0n) is 32.8. The van der Waals surface area contributed by atoms with Gasteiger partial charge in [0.05, 0.1) is 25.4 Å². The number of hydrogen-bond donors (Lipinski definition) is 8. The standard InChI is InChI=1S/C41H79NO10/c1-3-5-7-9-11-13-14-15-16-17-18-19-21-22-24-26-28-33(44)36(46)32(31-51-41-39(49)38(48)37(47)35(30-43)52-41)42-40(50)34(45)29-27-25-23-20-12-10-8-6-4-2/h21-22,32-39,41,43-49H,3-20,23-31H2,1-2H3,(H,42,50)/b22-21+. The van der Waals surface area contributed by atoms with Crippen molar-refractivity contribution in [3.63, 3.8) is 0 Å². The van der Waals surface area contributed by atoms with Crippen molar-refractivity contribution < 1.29 is 50.0 Å². The summed E-state index contributed by atoms with van der Waals surface area (Å²) in [5.41, 5.74) is 0. The van der Waals surface area contributed by atoms with Gasteiger partial charge in [-0.25, -0.2) is 0 Å². The van der Waals surface area contributed by atoms with E-state index in [1.807, 2.05) is 0 Å². The first kappa shape index (κ1) is 48.9. The summed E-state index contributed by atoms with van der Waals surface area (Å²) in [5.74, 6) is -0.710. The van der Waals surface area contributed by atoms with E-state index in [0.717, 1.165) is 38.5 Å². The Hall–Kier alpha value is -1.15. The van der Waals surface area contributed by atoms with Crippen molar-refractivity contribution in [3.05, 3.63) is 12.2 Å². The third kappa shape index (κ3) is 22.3. The van der Waals surface area contributed by atoms with Crippen LogP contribution in [0.5, 0.6) is 0 Å². The highest BCUT2D eigenvalue weighted by atomic mass is 16.7. The molecule has 1 rings (SSSR count). The van der Waals surface area contributed by atoms with Gasteiger partial charge in [-0.05, 0) is 38.5 Å². The maximum atomic E-state index is 13.0. The lowest BCUT2D eigenvalue weighted by molar-refractivity contribution is -0.303. The van der Waals surface area contributed by atoms with Gasteiger partial charge in [0.1, 0.15) is 36.6 Å². The molecule has 9 atom stereocenters. The molecule has 1 aliphatic rings. The van der Waals surface area contributed by atoms with Gasteiger partial charge < -0.3 is 50.5 Å². The highest BCUT2D eigenvalue weighted by molar-refractivity contribution is 5.80. The van der Waals surface area contributed by atoms with Crippen LogP contribution in [0.15, 0.2) is 12.2 Å². The van der Waals surface area contributed by atoms with E-state index in [2.05, 4.69) is 31.3 Å². The summed E-state index contributed by atoms with van der Waals surface area (Å²) < 4.78 is 11.0. The van der Waals surface area contributed by atoms with Crippen LogP contribution < -0.4 is 5.32 Å². The smallest absolute Gasteiger partial charge is 0.249 e. The third-order valence-corrected chi connectivity index (χ3v) is 10.3. The van der Waals surface area contributed by atoms with Crippen molar-refractivity contribution in [2.45, 2.75) is 229 Å². The molecule has 0 aliphatic carbocycles.